The van der Waals surface area contributed by atoms with E-state index in [-0.39, 0.29) is 12.0 Å². The van der Waals surface area contributed by atoms with Crippen molar-refractivity contribution in [2.75, 3.05) is 0 Å². The lowest BCUT2D eigenvalue weighted by atomic mass is 10.0. The average Bonchev–Trinajstić information content (AvgIpc) is 2.92. The summed E-state index contributed by atoms with van der Waals surface area (Å²) in [5, 5.41) is 3.86. The second-order valence-electron chi connectivity index (χ2n) is 6.17. The molecule has 0 unspecified atom stereocenters. The summed E-state index contributed by atoms with van der Waals surface area (Å²) in [5.74, 6) is 0.668. The number of nitrogens with zero attached hydrogens (tertiary/aromatic N) is 1. The second kappa shape index (κ2) is 6.84. The van der Waals surface area contributed by atoms with Crippen molar-refractivity contribution >= 4 is 10.0 Å². The zero-order valence-corrected chi connectivity index (χ0v) is 15.1. The van der Waals surface area contributed by atoms with Crippen LogP contribution in [0, 0.1) is 6.92 Å². The Balaban J connectivity index is 2.54. The zero-order chi connectivity index (χ0) is 17.2. The number of benzene rings is 1. The van der Waals surface area contributed by atoms with E-state index >= 15 is 0 Å². The molecule has 0 saturated carbocycles. The van der Waals surface area contributed by atoms with Crippen LogP contribution in [0.4, 0.5) is 0 Å². The molecule has 1 aromatic heterocycles. The van der Waals surface area contributed by atoms with Gasteiger partial charge < -0.3 is 4.52 Å². The smallest absolute Gasteiger partial charge is 0.241 e. The molecule has 0 bridgehead atoms. The van der Waals surface area contributed by atoms with Crippen molar-refractivity contribution in [1.82, 2.24) is 9.88 Å². The number of aryl methyl sites for hydroxylation is 1. The van der Waals surface area contributed by atoms with Crippen LogP contribution in [0.25, 0.3) is 11.3 Å². The van der Waals surface area contributed by atoms with Gasteiger partial charge in [-0.05, 0) is 37.8 Å². The van der Waals surface area contributed by atoms with Gasteiger partial charge in [-0.15, -0.1) is 0 Å². The third-order valence-electron chi connectivity index (χ3n) is 3.81. The standard InChI is InChI=1S/C17H24N2O3S/c1-6-12(4)19-23(20,21)17-10-14(7-8-15(17)11(2)3)16-9-13(5)18-22-16/h7-12,19H,6H2,1-5H3/t12-/m0/s1. The van der Waals surface area contributed by atoms with Crippen LogP contribution >= 0.6 is 0 Å². The molecule has 0 aliphatic rings. The molecule has 6 heteroatoms. The number of rotatable bonds is 6. The second-order valence-corrected chi connectivity index (χ2v) is 7.85. The van der Waals surface area contributed by atoms with E-state index in [0.29, 0.717) is 16.2 Å². The Morgan fingerprint density at radius 3 is 2.43 bits per heavy atom. The fourth-order valence-electron chi connectivity index (χ4n) is 2.31. The minimum atomic E-state index is -3.58. The summed E-state index contributed by atoms with van der Waals surface area (Å²) >= 11 is 0. The Labute approximate surface area is 138 Å². The van der Waals surface area contributed by atoms with Crippen LogP contribution in [0.1, 0.15) is 51.3 Å². The molecule has 2 aromatic rings. The Bertz CT molecular complexity index is 779. The molecule has 0 radical (unpaired) electrons. The summed E-state index contributed by atoms with van der Waals surface area (Å²) in [5.41, 5.74) is 2.26. The molecule has 1 atom stereocenters. The van der Waals surface area contributed by atoms with Crippen LogP contribution in [-0.4, -0.2) is 19.6 Å². The first-order valence-electron chi connectivity index (χ1n) is 7.84. The highest BCUT2D eigenvalue weighted by Crippen LogP contribution is 2.30. The number of hydrogen-bond acceptors (Lipinski definition) is 4. The Morgan fingerprint density at radius 1 is 1.22 bits per heavy atom. The molecule has 2 rings (SSSR count). The molecule has 0 amide bonds. The maximum Gasteiger partial charge on any atom is 0.241 e. The molecule has 5 nitrogen and oxygen atoms in total. The van der Waals surface area contributed by atoms with E-state index in [0.717, 1.165) is 17.7 Å². The molecule has 1 heterocycles. The summed E-state index contributed by atoms with van der Waals surface area (Å²) in [6.45, 7) is 9.60. The minimum absolute atomic E-state index is 0.101. The van der Waals surface area contributed by atoms with Gasteiger partial charge in [0.15, 0.2) is 5.76 Å². The van der Waals surface area contributed by atoms with Crippen LogP contribution in [0.5, 0.6) is 0 Å². The van der Waals surface area contributed by atoms with Gasteiger partial charge in [0.1, 0.15) is 0 Å². The predicted molar refractivity (Wildman–Crippen MR) is 90.8 cm³/mol. The zero-order valence-electron chi connectivity index (χ0n) is 14.3. The van der Waals surface area contributed by atoms with Gasteiger partial charge in [-0.1, -0.05) is 38.1 Å². The lowest BCUT2D eigenvalue weighted by Crippen LogP contribution is -2.32. The van der Waals surface area contributed by atoms with E-state index in [2.05, 4.69) is 9.88 Å². The summed E-state index contributed by atoms with van der Waals surface area (Å²) < 4.78 is 33.5. The van der Waals surface area contributed by atoms with Gasteiger partial charge in [0.2, 0.25) is 10.0 Å². The lowest BCUT2D eigenvalue weighted by molar-refractivity contribution is 0.427. The van der Waals surface area contributed by atoms with Gasteiger partial charge in [0.25, 0.3) is 0 Å². The topological polar surface area (TPSA) is 72.2 Å². The molecule has 0 aliphatic carbocycles. The normalized spacial score (nSPS) is 13.5. The lowest BCUT2D eigenvalue weighted by Gasteiger charge is -2.17. The highest BCUT2D eigenvalue weighted by Gasteiger charge is 2.23. The Morgan fingerprint density at radius 2 is 1.91 bits per heavy atom. The fraction of sp³-hybridized carbons (Fsp3) is 0.471. The van der Waals surface area contributed by atoms with Crippen LogP contribution in [0.2, 0.25) is 0 Å². The summed E-state index contributed by atoms with van der Waals surface area (Å²) in [7, 11) is -3.58. The Kier molecular flexibility index (Phi) is 5.26. The molecule has 126 valence electrons. The molecule has 0 aliphatic heterocycles. The molecular weight excluding hydrogens is 312 g/mol. The molecule has 1 aromatic carbocycles. The quantitative estimate of drug-likeness (QED) is 0.869. The monoisotopic (exact) mass is 336 g/mol. The number of sulfonamides is 1. The highest BCUT2D eigenvalue weighted by atomic mass is 32.2. The number of aromatic nitrogens is 1. The summed E-state index contributed by atoms with van der Waals surface area (Å²) in [4.78, 5) is 0.305. The van der Waals surface area contributed by atoms with Gasteiger partial charge in [-0.25, -0.2) is 13.1 Å². The van der Waals surface area contributed by atoms with Crippen molar-refractivity contribution in [2.24, 2.45) is 0 Å². The molecule has 0 fully saturated rings. The van der Waals surface area contributed by atoms with E-state index in [1.807, 2.05) is 46.8 Å². The van der Waals surface area contributed by atoms with Crippen molar-refractivity contribution in [3.8, 4) is 11.3 Å². The first kappa shape index (κ1) is 17.7. The third kappa shape index (κ3) is 4.00. The van der Waals surface area contributed by atoms with E-state index in [9.17, 15) is 8.42 Å². The highest BCUT2D eigenvalue weighted by molar-refractivity contribution is 7.89. The fourth-order valence-corrected chi connectivity index (χ4v) is 4.03. The van der Waals surface area contributed by atoms with Crippen molar-refractivity contribution in [3.63, 3.8) is 0 Å². The average molecular weight is 336 g/mol. The number of nitrogens with one attached hydrogen (secondary N) is 1. The van der Waals surface area contributed by atoms with Crippen molar-refractivity contribution < 1.29 is 12.9 Å². The van der Waals surface area contributed by atoms with Gasteiger partial charge in [0.05, 0.1) is 10.6 Å². The van der Waals surface area contributed by atoms with E-state index in [4.69, 9.17) is 4.52 Å². The van der Waals surface area contributed by atoms with Gasteiger partial charge in [-0.3, -0.25) is 0 Å². The number of hydrogen-bond donors (Lipinski definition) is 1. The summed E-state index contributed by atoms with van der Waals surface area (Å²) in [6, 6.07) is 7.07. The first-order valence-corrected chi connectivity index (χ1v) is 9.33. The molecule has 23 heavy (non-hydrogen) atoms. The maximum atomic E-state index is 12.8. The van der Waals surface area contributed by atoms with Crippen molar-refractivity contribution in [3.05, 3.63) is 35.5 Å². The SMILES string of the molecule is CC[C@H](C)NS(=O)(=O)c1cc(-c2cc(C)no2)ccc1C(C)C. The van der Waals surface area contributed by atoms with Gasteiger partial charge in [0, 0.05) is 17.7 Å². The molecule has 1 N–H and O–H groups in total. The van der Waals surface area contributed by atoms with Gasteiger partial charge in [-0.2, -0.15) is 0 Å². The first-order chi connectivity index (χ1) is 10.7. The van der Waals surface area contributed by atoms with Crippen molar-refractivity contribution in [1.29, 1.82) is 0 Å². The van der Waals surface area contributed by atoms with Gasteiger partial charge >= 0.3 is 0 Å². The molecular formula is C17H24N2O3S. The van der Waals surface area contributed by atoms with E-state index in [1.54, 1.807) is 12.1 Å². The molecule has 0 spiro atoms. The Hall–Kier alpha value is -1.66. The van der Waals surface area contributed by atoms with E-state index < -0.39 is 10.0 Å². The van der Waals surface area contributed by atoms with Crippen LogP contribution < -0.4 is 4.72 Å². The summed E-state index contributed by atoms with van der Waals surface area (Å²) in [6.07, 6.45) is 0.733. The maximum absolute atomic E-state index is 12.8. The van der Waals surface area contributed by atoms with Crippen LogP contribution in [0.3, 0.4) is 0 Å². The molecule has 0 saturated heterocycles. The largest absolute Gasteiger partial charge is 0.356 e. The van der Waals surface area contributed by atoms with E-state index in [1.165, 1.54) is 0 Å². The van der Waals surface area contributed by atoms with Crippen LogP contribution in [-0.2, 0) is 10.0 Å². The predicted octanol–water partition coefficient (Wildman–Crippen LogP) is 3.85. The van der Waals surface area contributed by atoms with Crippen LogP contribution in [0.15, 0.2) is 33.7 Å². The minimum Gasteiger partial charge on any atom is -0.356 e. The van der Waals surface area contributed by atoms with Crippen molar-refractivity contribution in [2.45, 2.75) is 57.9 Å². The third-order valence-corrected chi connectivity index (χ3v) is 5.45.